The van der Waals surface area contributed by atoms with Gasteiger partial charge in [0.25, 0.3) is 5.56 Å². The number of nitrogens with zero attached hydrogens (tertiary/aromatic N) is 2. The quantitative estimate of drug-likeness (QED) is 0.580. The lowest BCUT2D eigenvalue weighted by atomic mass is 10.1. The van der Waals surface area contributed by atoms with Crippen molar-refractivity contribution in [2.45, 2.75) is 6.54 Å². The summed E-state index contributed by atoms with van der Waals surface area (Å²) in [4.78, 5) is 29.0. The van der Waals surface area contributed by atoms with Gasteiger partial charge in [-0.1, -0.05) is 24.3 Å². The standard InChI is InChI=1S/C21H15N3O3S/c1-27-16-7-3-6-15(9-16)17-12-28-19-18(17)20(25)24(21(26)23-19)11-14-5-2-4-13(8-14)10-22/h2-9,12H,11H2,1H3,(H,23,26). The fraction of sp³-hybridized carbons (Fsp3) is 0.0952. The van der Waals surface area contributed by atoms with Crippen molar-refractivity contribution in [2.75, 3.05) is 7.11 Å². The van der Waals surface area contributed by atoms with Crippen LogP contribution in [0.5, 0.6) is 5.75 Å². The van der Waals surface area contributed by atoms with Crippen LogP contribution in [0.1, 0.15) is 11.1 Å². The molecule has 0 atom stereocenters. The summed E-state index contributed by atoms with van der Waals surface area (Å²) in [6, 6.07) is 16.4. The molecule has 0 radical (unpaired) electrons. The first-order chi connectivity index (χ1) is 13.6. The number of rotatable bonds is 4. The van der Waals surface area contributed by atoms with Crippen LogP contribution in [-0.2, 0) is 6.54 Å². The van der Waals surface area contributed by atoms with Gasteiger partial charge in [0.2, 0.25) is 0 Å². The minimum absolute atomic E-state index is 0.0903. The number of thiophene rings is 1. The van der Waals surface area contributed by atoms with E-state index >= 15 is 0 Å². The lowest BCUT2D eigenvalue weighted by molar-refractivity contribution is 0.415. The minimum atomic E-state index is -0.473. The molecular weight excluding hydrogens is 374 g/mol. The minimum Gasteiger partial charge on any atom is -0.497 e. The fourth-order valence-corrected chi connectivity index (χ4v) is 4.07. The topological polar surface area (TPSA) is 87.9 Å². The molecule has 0 saturated carbocycles. The van der Waals surface area contributed by atoms with Gasteiger partial charge in [0.15, 0.2) is 0 Å². The third kappa shape index (κ3) is 3.10. The van der Waals surface area contributed by atoms with Crippen molar-refractivity contribution in [3.8, 4) is 22.9 Å². The Morgan fingerprint density at radius 3 is 2.79 bits per heavy atom. The summed E-state index contributed by atoms with van der Waals surface area (Å²) in [5, 5.41) is 11.4. The van der Waals surface area contributed by atoms with Crippen LogP contribution in [0.25, 0.3) is 21.3 Å². The van der Waals surface area contributed by atoms with Gasteiger partial charge in [0.1, 0.15) is 10.6 Å². The zero-order chi connectivity index (χ0) is 19.7. The predicted molar refractivity (Wildman–Crippen MR) is 109 cm³/mol. The van der Waals surface area contributed by atoms with Gasteiger partial charge >= 0.3 is 5.69 Å². The maximum atomic E-state index is 13.2. The van der Waals surface area contributed by atoms with E-state index < -0.39 is 5.69 Å². The van der Waals surface area contributed by atoms with Crippen molar-refractivity contribution in [2.24, 2.45) is 0 Å². The van der Waals surface area contributed by atoms with Gasteiger partial charge in [-0.3, -0.25) is 14.3 Å². The van der Waals surface area contributed by atoms with Crippen molar-refractivity contribution in [1.29, 1.82) is 5.26 Å². The van der Waals surface area contributed by atoms with Gasteiger partial charge < -0.3 is 4.74 Å². The smallest absolute Gasteiger partial charge is 0.329 e. The predicted octanol–water partition coefficient (Wildman–Crippen LogP) is 3.35. The van der Waals surface area contributed by atoms with E-state index in [1.807, 2.05) is 29.6 Å². The number of benzene rings is 2. The number of ether oxygens (including phenoxy) is 1. The molecule has 4 rings (SSSR count). The average Bonchev–Trinajstić information content (AvgIpc) is 3.15. The fourth-order valence-electron chi connectivity index (χ4n) is 3.12. The Balaban J connectivity index is 1.88. The van der Waals surface area contributed by atoms with E-state index in [4.69, 9.17) is 10.00 Å². The Morgan fingerprint density at radius 2 is 2.00 bits per heavy atom. The molecule has 1 N–H and O–H groups in total. The van der Waals surface area contributed by atoms with Gasteiger partial charge in [-0.05, 0) is 35.4 Å². The maximum absolute atomic E-state index is 13.2. The molecule has 0 aliphatic heterocycles. The number of nitrogens with one attached hydrogen (secondary N) is 1. The highest BCUT2D eigenvalue weighted by Crippen LogP contribution is 2.32. The van der Waals surface area contributed by atoms with E-state index in [0.717, 1.165) is 15.7 Å². The number of hydrogen-bond acceptors (Lipinski definition) is 5. The second-order valence-electron chi connectivity index (χ2n) is 6.22. The van der Waals surface area contributed by atoms with Crippen LogP contribution in [0, 0.1) is 11.3 Å². The normalized spacial score (nSPS) is 10.7. The molecule has 0 aliphatic rings. The molecule has 0 fully saturated rings. The van der Waals surface area contributed by atoms with E-state index in [1.54, 1.807) is 31.4 Å². The number of aromatic amines is 1. The molecule has 0 bridgehead atoms. The van der Waals surface area contributed by atoms with Crippen molar-refractivity contribution in [1.82, 2.24) is 9.55 Å². The molecule has 0 spiro atoms. The van der Waals surface area contributed by atoms with Gasteiger partial charge in [-0.25, -0.2) is 4.79 Å². The molecule has 138 valence electrons. The molecule has 4 aromatic rings. The average molecular weight is 389 g/mol. The highest BCUT2D eigenvalue weighted by atomic mass is 32.1. The molecule has 2 aromatic heterocycles. The Hall–Kier alpha value is -3.63. The largest absolute Gasteiger partial charge is 0.497 e. The van der Waals surface area contributed by atoms with E-state index in [0.29, 0.717) is 27.1 Å². The van der Waals surface area contributed by atoms with Crippen LogP contribution in [0.2, 0.25) is 0 Å². The second-order valence-corrected chi connectivity index (χ2v) is 7.10. The van der Waals surface area contributed by atoms with Crippen LogP contribution in [0.3, 0.4) is 0 Å². The molecule has 2 heterocycles. The molecule has 6 nitrogen and oxygen atoms in total. The van der Waals surface area contributed by atoms with E-state index in [2.05, 4.69) is 11.1 Å². The molecule has 7 heteroatoms. The number of hydrogen-bond donors (Lipinski definition) is 1. The maximum Gasteiger partial charge on any atom is 0.329 e. The lowest BCUT2D eigenvalue weighted by Crippen LogP contribution is -2.35. The molecule has 0 unspecified atom stereocenters. The molecule has 0 amide bonds. The molecular formula is C21H15N3O3S. The van der Waals surface area contributed by atoms with E-state index in [9.17, 15) is 9.59 Å². The second kappa shape index (κ2) is 7.18. The van der Waals surface area contributed by atoms with Crippen LogP contribution in [-0.4, -0.2) is 16.7 Å². The highest BCUT2D eigenvalue weighted by Gasteiger charge is 2.15. The summed E-state index contributed by atoms with van der Waals surface area (Å²) in [6.45, 7) is 0.0903. The monoisotopic (exact) mass is 389 g/mol. The van der Waals surface area contributed by atoms with Gasteiger partial charge in [-0.2, -0.15) is 5.26 Å². The zero-order valence-corrected chi connectivity index (χ0v) is 15.7. The number of fused-ring (bicyclic) bond motifs is 1. The third-order valence-electron chi connectivity index (χ3n) is 4.49. The van der Waals surface area contributed by atoms with Gasteiger partial charge in [0.05, 0.1) is 30.7 Å². The Morgan fingerprint density at radius 1 is 1.18 bits per heavy atom. The molecule has 2 aromatic carbocycles. The van der Waals surface area contributed by atoms with Crippen molar-refractivity contribution in [3.63, 3.8) is 0 Å². The summed E-state index contributed by atoms with van der Waals surface area (Å²) >= 11 is 1.32. The van der Waals surface area contributed by atoms with Crippen LogP contribution in [0.4, 0.5) is 0 Å². The van der Waals surface area contributed by atoms with Gasteiger partial charge in [0, 0.05) is 10.9 Å². The number of H-pyrrole nitrogens is 1. The van der Waals surface area contributed by atoms with E-state index in [1.165, 1.54) is 11.3 Å². The lowest BCUT2D eigenvalue weighted by Gasteiger charge is -2.07. The molecule has 0 saturated heterocycles. The number of aromatic nitrogens is 2. The van der Waals surface area contributed by atoms with Crippen molar-refractivity contribution in [3.05, 3.63) is 85.9 Å². The Bertz CT molecular complexity index is 1340. The molecule has 28 heavy (non-hydrogen) atoms. The summed E-state index contributed by atoms with van der Waals surface area (Å²) in [6.07, 6.45) is 0. The Labute approximate surface area is 163 Å². The summed E-state index contributed by atoms with van der Waals surface area (Å²) in [5.74, 6) is 0.690. The third-order valence-corrected chi connectivity index (χ3v) is 5.39. The summed E-state index contributed by atoms with van der Waals surface area (Å²) < 4.78 is 6.44. The van der Waals surface area contributed by atoms with Gasteiger partial charge in [-0.15, -0.1) is 11.3 Å². The van der Waals surface area contributed by atoms with E-state index in [-0.39, 0.29) is 12.1 Å². The number of nitriles is 1. The molecule has 0 aliphatic carbocycles. The first kappa shape index (κ1) is 17.8. The summed E-state index contributed by atoms with van der Waals surface area (Å²) in [7, 11) is 1.59. The highest BCUT2D eigenvalue weighted by molar-refractivity contribution is 7.17. The van der Waals surface area contributed by atoms with Crippen LogP contribution < -0.4 is 16.0 Å². The first-order valence-corrected chi connectivity index (χ1v) is 9.36. The van der Waals surface area contributed by atoms with Crippen LogP contribution in [0.15, 0.2) is 63.5 Å². The summed E-state index contributed by atoms with van der Waals surface area (Å²) in [5.41, 5.74) is 1.95. The number of methoxy groups -OCH3 is 1. The zero-order valence-electron chi connectivity index (χ0n) is 14.9. The van der Waals surface area contributed by atoms with Crippen molar-refractivity contribution >= 4 is 21.6 Å². The van der Waals surface area contributed by atoms with Crippen LogP contribution >= 0.6 is 11.3 Å². The first-order valence-electron chi connectivity index (χ1n) is 8.48. The van der Waals surface area contributed by atoms with Crippen molar-refractivity contribution < 1.29 is 4.74 Å². The Kier molecular flexibility index (Phi) is 4.55. The SMILES string of the molecule is COc1cccc(-c2csc3[nH]c(=O)n(Cc4cccc(C#N)c4)c(=O)c23)c1.